The first kappa shape index (κ1) is 11.3. The zero-order chi connectivity index (χ0) is 11.8. The molecule has 1 aliphatic carbocycles. The maximum atomic E-state index is 5.54. The summed E-state index contributed by atoms with van der Waals surface area (Å²) in [4.78, 5) is 4.45. The van der Waals surface area contributed by atoms with Crippen LogP contribution in [-0.2, 0) is 0 Å². The van der Waals surface area contributed by atoms with Crippen LogP contribution >= 0.6 is 12.2 Å². The Hall–Kier alpha value is -1.16. The van der Waals surface area contributed by atoms with Crippen molar-refractivity contribution >= 4 is 22.9 Å². The molecule has 1 heterocycles. The summed E-state index contributed by atoms with van der Waals surface area (Å²) in [5.41, 5.74) is 7.76. The van der Waals surface area contributed by atoms with E-state index in [2.05, 4.69) is 24.1 Å². The fraction of sp³-hybridized carbons (Fsp3) is 0.500. The van der Waals surface area contributed by atoms with Gasteiger partial charge in [-0.25, -0.2) is 0 Å². The Balaban J connectivity index is 1.95. The second-order valence-corrected chi connectivity index (χ2v) is 5.50. The molecule has 1 atom stereocenters. The number of pyridine rings is 1. The number of rotatable bonds is 4. The first-order valence-electron chi connectivity index (χ1n) is 5.49. The minimum Gasteiger partial charge on any atom is -0.388 e. The predicted octanol–water partition coefficient (Wildman–Crippen LogP) is 2.17. The Labute approximate surface area is 101 Å². The van der Waals surface area contributed by atoms with E-state index >= 15 is 0 Å². The lowest BCUT2D eigenvalue weighted by Crippen LogP contribution is -2.13. The molecule has 0 aliphatic heterocycles. The molecule has 0 bridgehead atoms. The molecule has 0 spiro atoms. The maximum absolute atomic E-state index is 5.54. The van der Waals surface area contributed by atoms with E-state index in [1.54, 1.807) is 6.20 Å². The highest BCUT2D eigenvalue weighted by molar-refractivity contribution is 7.80. The van der Waals surface area contributed by atoms with Gasteiger partial charge in [-0.2, -0.15) is 0 Å². The number of aromatic nitrogens is 1. The molecule has 1 aliphatic rings. The molecule has 4 heteroatoms. The smallest absolute Gasteiger partial charge is 0.122 e. The first-order valence-corrected chi connectivity index (χ1v) is 5.89. The van der Waals surface area contributed by atoms with E-state index in [0.717, 1.165) is 18.2 Å². The molecule has 16 heavy (non-hydrogen) atoms. The Morgan fingerprint density at radius 3 is 2.94 bits per heavy atom. The Kier molecular flexibility index (Phi) is 2.84. The van der Waals surface area contributed by atoms with E-state index in [9.17, 15) is 0 Å². The third kappa shape index (κ3) is 2.50. The summed E-state index contributed by atoms with van der Waals surface area (Å²) in [5, 5.41) is 3.40. The predicted molar refractivity (Wildman–Crippen MR) is 70.5 cm³/mol. The fourth-order valence-corrected chi connectivity index (χ4v) is 1.95. The van der Waals surface area contributed by atoms with Crippen molar-refractivity contribution in [3.63, 3.8) is 0 Å². The Bertz CT molecular complexity index is 414. The van der Waals surface area contributed by atoms with Crippen molar-refractivity contribution in [3.8, 4) is 0 Å². The van der Waals surface area contributed by atoms with Crippen molar-refractivity contribution in [3.05, 3.63) is 24.0 Å². The minimum atomic E-state index is 0.343. The van der Waals surface area contributed by atoms with Crippen LogP contribution in [0.15, 0.2) is 18.3 Å². The summed E-state index contributed by atoms with van der Waals surface area (Å²) in [6.07, 6.45) is 3.03. The number of hydrogen-bond acceptors (Lipinski definition) is 3. The zero-order valence-electron chi connectivity index (χ0n) is 9.66. The van der Waals surface area contributed by atoms with Gasteiger partial charge in [0.2, 0.25) is 0 Å². The van der Waals surface area contributed by atoms with Crippen LogP contribution in [0, 0.1) is 11.3 Å². The minimum absolute atomic E-state index is 0.343. The van der Waals surface area contributed by atoms with Gasteiger partial charge in [-0.3, -0.25) is 4.98 Å². The average Bonchev–Trinajstić information content (AvgIpc) is 2.84. The van der Waals surface area contributed by atoms with E-state index in [0.29, 0.717) is 16.1 Å². The van der Waals surface area contributed by atoms with Crippen LogP contribution in [0.2, 0.25) is 0 Å². The monoisotopic (exact) mass is 235 g/mol. The van der Waals surface area contributed by atoms with Crippen LogP contribution in [0.25, 0.3) is 0 Å². The Morgan fingerprint density at radius 2 is 2.38 bits per heavy atom. The molecule has 0 aromatic carbocycles. The highest BCUT2D eigenvalue weighted by Gasteiger charge is 2.44. The molecule has 3 nitrogen and oxygen atoms in total. The van der Waals surface area contributed by atoms with E-state index in [1.807, 2.05) is 12.1 Å². The van der Waals surface area contributed by atoms with Crippen LogP contribution in [0.4, 0.5) is 5.69 Å². The molecule has 1 saturated carbocycles. The second kappa shape index (κ2) is 4.01. The van der Waals surface area contributed by atoms with E-state index in [4.69, 9.17) is 18.0 Å². The molecular weight excluding hydrogens is 218 g/mol. The van der Waals surface area contributed by atoms with Crippen molar-refractivity contribution in [2.75, 3.05) is 11.9 Å². The summed E-state index contributed by atoms with van der Waals surface area (Å²) in [6.45, 7) is 5.60. The summed E-state index contributed by atoms with van der Waals surface area (Å²) < 4.78 is 0. The lowest BCUT2D eigenvalue weighted by molar-refractivity contribution is 0.573. The van der Waals surface area contributed by atoms with Gasteiger partial charge in [0.15, 0.2) is 0 Å². The number of thiocarbonyl (C=S) groups is 1. The lowest BCUT2D eigenvalue weighted by atomic mass is 10.1. The Morgan fingerprint density at radius 1 is 1.69 bits per heavy atom. The van der Waals surface area contributed by atoms with Gasteiger partial charge in [0.25, 0.3) is 0 Å². The zero-order valence-corrected chi connectivity index (χ0v) is 10.5. The fourth-order valence-electron chi connectivity index (χ4n) is 1.84. The van der Waals surface area contributed by atoms with Gasteiger partial charge < -0.3 is 11.1 Å². The van der Waals surface area contributed by atoms with E-state index in [-0.39, 0.29) is 0 Å². The van der Waals surface area contributed by atoms with Gasteiger partial charge in [0.1, 0.15) is 4.99 Å². The third-order valence-electron chi connectivity index (χ3n) is 3.28. The summed E-state index contributed by atoms with van der Waals surface area (Å²) in [7, 11) is 0. The molecule has 3 N–H and O–H groups in total. The van der Waals surface area contributed by atoms with Gasteiger partial charge in [0, 0.05) is 18.4 Å². The number of nitrogens with two attached hydrogens (primary N) is 1. The molecule has 86 valence electrons. The van der Waals surface area contributed by atoms with Gasteiger partial charge in [-0.05, 0) is 29.9 Å². The van der Waals surface area contributed by atoms with Gasteiger partial charge in [0.05, 0.1) is 5.69 Å². The van der Waals surface area contributed by atoms with Crippen molar-refractivity contribution < 1.29 is 0 Å². The highest BCUT2D eigenvalue weighted by Crippen LogP contribution is 2.51. The molecule has 1 fully saturated rings. The normalized spacial score (nSPS) is 21.5. The third-order valence-corrected chi connectivity index (χ3v) is 3.49. The molecule has 2 rings (SSSR count). The molecule has 0 saturated heterocycles. The van der Waals surface area contributed by atoms with Crippen LogP contribution in [-0.4, -0.2) is 16.5 Å². The number of nitrogens with zero attached hydrogens (tertiary/aromatic N) is 1. The van der Waals surface area contributed by atoms with E-state index in [1.165, 1.54) is 6.42 Å². The van der Waals surface area contributed by atoms with Crippen LogP contribution < -0.4 is 11.1 Å². The quantitative estimate of drug-likeness (QED) is 0.785. The van der Waals surface area contributed by atoms with E-state index < -0.39 is 0 Å². The van der Waals surface area contributed by atoms with Gasteiger partial charge >= 0.3 is 0 Å². The average molecular weight is 235 g/mol. The SMILES string of the molecule is CC1(C)CC1CNc1ccnc(C(N)=S)c1. The second-order valence-electron chi connectivity index (χ2n) is 5.06. The van der Waals surface area contributed by atoms with Crippen molar-refractivity contribution in [1.82, 2.24) is 4.98 Å². The molecule has 0 radical (unpaired) electrons. The van der Waals surface area contributed by atoms with Crippen molar-refractivity contribution in [2.24, 2.45) is 17.1 Å². The summed E-state index contributed by atoms with van der Waals surface area (Å²) >= 11 is 4.89. The summed E-state index contributed by atoms with van der Waals surface area (Å²) in [5.74, 6) is 0.772. The number of nitrogens with one attached hydrogen (secondary N) is 1. The van der Waals surface area contributed by atoms with Crippen LogP contribution in [0.5, 0.6) is 0 Å². The van der Waals surface area contributed by atoms with Crippen LogP contribution in [0.1, 0.15) is 26.0 Å². The largest absolute Gasteiger partial charge is 0.388 e. The topological polar surface area (TPSA) is 50.9 Å². The standard InChI is InChI=1S/C12H17N3S/c1-12(2)6-8(12)7-15-9-3-4-14-10(5-9)11(13)16/h3-5,8H,6-7H2,1-2H3,(H2,13,16)(H,14,15). The van der Waals surface area contributed by atoms with Gasteiger partial charge in [-0.1, -0.05) is 26.1 Å². The summed E-state index contributed by atoms with van der Waals surface area (Å²) in [6, 6.07) is 3.84. The van der Waals surface area contributed by atoms with Crippen LogP contribution in [0.3, 0.4) is 0 Å². The number of hydrogen-bond donors (Lipinski definition) is 2. The number of anilines is 1. The highest BCUT2D eigenvalue weighted by atomic mass is 32.1. The molecule has 1 unspecified atom stereocenters. The molecule has 0 amide bonds. The molecule has 1 aromatic rings. The lowest BCUT2D eigenvalue weighted by Gasteiger charge is -2.08. The molecule has 1 aromatic heterocycles. The molecular formula is C12H17N3S. The van der Waals surface area contributed by atoms with Crippen molar-refractivity contribution in [2.45, 2.75) is 20.3 Å². The van der Waals surface area contributed by atoms with Crippen molar-refractivity contribution in [1.29, 1.82) is 0 Å². The first-order chi connectivity index (χ1) is 7.49. The van der Waals surface area contributed by atoms with Gasteiger partial charge in [-0.15, -0.1) is 0 Å². The maximum Gasteiger partial charge on any atom is 0.122 e.